The lowest BCUT2D eigenvalue weighted by atomic mass is 9.81. The van der Waals surface area contributed by atoms with Crippen LogP contribution in [0.4, 0.5) is 0 Å². The van der Waals surface area contributed by atoms with Crippen LogP contribution in [0.2, 0.25) is 0 Å². The summed E-state index contributed by atoms with van der Waals surface area (Å²) in [4.78, 5) is 0.768. The topological polar surface area (TPSA) is 9.23 Å². The third-order valence-electron chi connectivity index (χ3n) is 3.05. The van der Waals surface area contributed by atoms with Gasteiger partial charge in [-0.15, -0.1) is 0 Å². The zero-order chi connectivity index (χ0) is 7.73. The fourth-order valence-corrected chi connectivity index (χ4v) is 3.32. The molecule has 64 valence electrons. The third kappa shape index (κ3) is 1.62. The summed E-state index contributed by atoms with van der Waals surface area (Å²) in [5, 5.41) is 0. The van der Waals surface area contributed by atoms with Crippen molar-refractivity contribution in [3.63, 3.8) is 0 Å². The van der Waals surface area contributed by atoms with Gasteiger partial charge in [-0.3, -0.25) is 0 Å². The Morgan fingerprint density at radius 3 is 2.82 bits per heavy atom. The number of ether oxygens (including phenoxy) is 1. The minimum absolute atomic E-state index is 0.576. The molecule has 1 spiro atoms. The molecule has 11 heavy (non-hydrogen) atoms. The Balaban J connectivity index is 1.98. The van der Waals surface area contributed by atoms with E-state index in [1.807, 2.05) is 0 Å². The van der Waals surface area contributed by atoms with Gasteiger partial charge in [-0.2, -0.15) is 0 Å². The predicted molar refractivity (Wildman–Crippen MR) is 49.1 cm³/mol. The first-order valence-corrected chi connectivity index (χ1v) is 5.44. The summed E-state index contributed by atoms with van der Waals surface area (Å²) in [7, 11) is 0. The average molecular weight is 219 g/mol. The molecule has 2 atom stereocenters. The smallest absolute Gasteiger partial charge is 0.0522 e. The van der Waals surface area contributed by atoms with Crippen molar-refractivity contribution in [1.82, 2.24) is 0 Å². The van der Waals surface area contributed by atoms with Crippen molar-refractivity contribution >= 4 is 15.9 Å². The van der Waals surface area contributed by atoms with E-state index in [1.54, 1.807) is 0 Å². The van der Waals surface area contributed by atoms with Gasteiger partial charge in [0.05, 0.1) is 6.61 Å². The van der Waals surface area contributed by atoms with Crippen molar-refractivity contribution in [1.29, 1.82) is 0 Å². The highest BCUT2D eigenvalue weighted by atomic mass is 79.9. The number of alkyl halides is 1. The van der Waals surface area contributed by atoms with Crippen molar-refractivity contribution in [2.45, 2.75) is 36.9 Å². The molecule has 1 saturated heterocycles. The van der Waals surface area contributed by atoms with Gasteiger partial charge in [0.15, 0.2) is 0 Å². The van der Waals surface area contributed by atoms with Gasteiger partial charge in [-0.05, 0) is 37.5 Å². The number of halogens is 1. The highest BCUT2D eigenvalue weighted by Crippen LogP contribution is 2.46. The van der Waals surface area contributed by atoms with Crippen LogP contribution in [-0.2, 0) is 4.74 Å². The zero-order valence-electron chi connectivity index (χ0n) is 6.81. The van der Waals surface area contributed by atoms with Gasteiger partial charge in [0, 0.05) is 11.4 Å². The Morgan fingerprint density at radius 1 is 1.36 bits per heavy atom. The van der Waals surface area contributed by atoms with Crippen LogP contribution >= 0.6 is 15.9 Å². The molecule has 1 nitrogen and oxygen atoms in total. The molecular weight excluding hydrogens is 204 g/mol. The Hall–Kier alpha value is 0.440. The van der Waals surface area contributed by atoms with Crippen molar-refractivity contribution in [3.8, 4) is 0 Å². The van der Waals surface area contributed by atoms with Gasteiger partial charge in [0.2, 0.25) is 0 Å². The molecule has 1 saturated carbocycles. The maximum atomic E-state index is 5.53. The molecule has 2 heteroatoms. The average Bonchev–Trinajstić information content (AvgIpc) is 2.34. The minimum atomic E-state index is 0.576. The number of hydrogen-bond donors (Lipinski definition) is 0. The normalized spacial score (nSPS) is 45.0. The molecule has 1 heterocycles. The van der Waals surface area contributed by atoms with Crippen LogP contribution in [-0.4, -0.2) is 18.0 Å². The van der Waals surface area contributed by atoms with Gasteiger partial charge >= 0.3 is 0 Å². The van der Waals surface area contributed by atoms with Crippen molar-refractivity contribution in [2.75, 3.05) is 13.2 Å². The summed E-state index contributed by atoms with van der Waals surface area (Å²) < 4.78 is 5.53. The molecule has 0 aromatic heterocycles. The summed E-state index contributed by atoms with van der Waals surface area (Å²) in [5.41, 5.74) is 0.576. The van der Waals surface area contributed by atoms with E-state index in [1.165, 1.54) is 32.1 Å². The highest BCUT2D eigenvalue weighted by Gasteiger charge is 2.39. The predicted octanol–water partition coefficient (Wildman–Crippen LogP) is 2.73. The lowest BCUT2D eigenvalue weighted by molar-refractivity contribution is -0.00353. The summed E-state index contributed by atoms with van der Waals surface area (Å²) >= 11 is 3.69. The lowest BCUT2D eigenvalue weighted by Gasteiger charge is -2.32. The quantitative estimate of drug-likeness (QED) is 0.569. The van der Waals surface area contributed by atoms with Crippen LogP contribution in [0.3, 0.4) is 0 Å². The number of hydrogen-bond acceptors (Lipinski definition) is 1. The zero-order valence-corrected chi connectivity index (χ0v) is 8.40. The fraction of sp³-hybridized carbons (Fsp3) is 1.00. The first-order valence-electron chi connectivity index (χ1n) is 4.53. The second-order valence-electron chi connectivity index (χ2n) is 4.00. The van der Waals surface area contributed by atoms with Gasteiger partial charge in [0.25, 0.3) is 0 Å². The SMILES string of the molecule is BrC1CCC2(CCCOC2)C1. The van der Waals surface area contributed by atoms with Crippen molar-refractivity contribution in [3.05, 3.63) is 0 Å². The Kier molecular flexibility index (Phi) is 2.24. The standard InChI is InChI=1S/C9H15BrO/c10-8-2-4-9(6-8)3-1-5-11-7-9/h8H,1-7H2. The maximum absolute atomic E-state index is 5.53. The first-order chi connectivity index (χ1) is 5.31. The van der Waals surface area contributed by atoms with E-state index >= 15 is 0 Å². The van der Waals surface area contributed by atoms with Gasteiger partial charge in [0.1, 0.15) is 0 Å². The molecule has 0 amide bonds. The van der Waals surface area contributed by atoms with E-state index in [-0.39, 0.29) is 0 Å². The molecule has 1 aliphatic heterocycles. The van der Waals surface area contributed by atoms with Crippen molar-refractivity contribution < 1.29 is 4.74 Å². The van der Waals surface area contributed by atoms with E-state index in [4.69, 9.17) is 4.74 Å². The van der Waals surface area contributed by atoms with Crippen molar-refractivity contribution in [2.24, 2.45) is 5.41 Å². The molecule has 2 rings (SSSR count). The molecule has 0 aromatic carbocycles. The second-order valence-corrected chi connectivity index (χ2v) is 5.29. The van der Waals surface area contributed by atoms with E-state index in [9.17, 15) is 0 Å². The fourth-order valence-electron chi connectivity index (χ4n) is 2.41. The van der Waals surface area contributed by atoms with Crippen LogP contribution in [0.5, 0.6) is 0 Å². The number of rotatable bonds is 0. The first kappa shape index (κ1) is 8.06. The third-order valence-corrected chi connectivity index (χ3v) is 3.83. The summed E-state index contributed by atoms with van der Waals surface area (Å²) in [5.74, 6) is 0. The molecule has 2 unspecified atom stereocenters. The summed E-state index contributed by atoms with van der Waals surface area (Å²) in [6, 6.07) is 0. The minimum Gasteiger partial charge on any atom is -0.381 e. The van der Waals surface area contributed by atoms with Crippen LogP contribution in [0.25, 0.3) is 0 Å². The molecule has 0 bridgehead atoms. The molecule has 1 aliphatic carbocycles. The molecular formula is C9H15BrO. The lowest BCUT2D eigenvalue weighted by Crippen LogP contribution is -2.29. The summed E-state index contributed by atoms with van der Waals surface area (Å²) in [6.45, 7) is 2.02. The van der Waals surface area contributed by atoms with Crippen LogP contribution in [0.1, 0.15) is 32.1 Å². The molecule has 2 fully saturated rings. The second kappa shape index (κ2) is 3.06. The van der Waals surface area contributed by atoms with Gasteiger partial charge < -0.3 is 4.74 Å². The Labute approximate surface area is 76.6 Å². The van der Waals surface area contributed by atoms with E-state index in [0.29, 0.717) is 5.41 Å². The van der Waals surface area contributed by atoms with Crippen LogP contribution < -0.4 is 0 Å². The molecule has 0 aromatic rings. The molecule has 0 radical (unpaired) electrons. The van der Waals surface area contributed by atoms with E-state index in [2.05, 4.69) is 15.9 Å². The Morgan fingerprint density at radius 2 is 2.27 bits per heavy atom. The highest BCUT2D eigenvalue weighted by molar-refractivity contribution is 9.09. The van der Waals surface area contributed by atoms with E-state index in [0.717, 1.165) is 18.0 Å². The maximum Gasteiger partial charge on any atom is 0.0522 e. The molecule has 0 N–H and O–H groups in total. The Bertz CT molecular complexity index is 135. The van der Waals surface area contributed by atoms with Crippen LogP contribution in [0, 0.1) is 5.41 Å². The van der Waals surface area contributed by atoms with Gasteiger partial charge in [-0.1, -0.05) is 15.9 Å². The largest absolute Gasteiger partial charge is 0.381 e. The molecule has 2 aliphatic rings. The van der Waals surface area contributed by atoms with Crippen LogP contribution in [0.15, 0.2) is 0 Å². The monoisotopic (exact) mass is 218 g/mol. The van der Waals surface area contributed by atoms with E-state index < -0.39 is 0 Å². The summed E-state index contributed by atoms with van der Waals surface area (Å²) in [6.07, 6.45) is 6.74. The van der Waals surface area contributed by atoms with Gasteiger partial charge in [-0.25, -0.2) is 0 Å².